The zero-order valence-corrected chi connectivity index (χ0v) is 26.7. The number of halogens is 8. The molecular weight excluding hydrogens is 700 g/mol. The Bertz CT molecular complexity index is 1800. The fraction of sp³-hybridized carbons (Fsp3) is 0.533. The topological polar surface area (TPSA) is 118 Å². The summed E-state index contributed by atoms with van der Waals surface area (Å²) in [5.41, 5.74) is -8.37. The monoisotopic (exact) mass is 730 g/mol. The van der Waals surface area contributed by atoms with Crippen LogP contribution in [0, 0.1) is 29.5 Å². The minimum Gasteiger partial charge on any atom is -0.356 e. The van der Waals surface area contributed by atoms with Crippen LogP contribution in [0.2, 0.25) is 0 Å². The van der Waals surface area contributed by atoms with Gasteiger partial charge in [0.05, 0.1) is 11.2 Å². The maximum Gasteiger partial charge on any atom is 0.435 e. The number of sulfone groups is 1. The van der Waals surface area contributed by atoms with Gasteiger partial charge in [-0.3, -0.25) is 4.79 Å². The van der Waals surface area contributed by atoms with Crippen LogP contribution in [-0.4, -0.2) is 71.6 Å². The summed E-state index contributed by atoms with van der Waals surface area (Å²) in [6, 6.07) is 4.53. The van der Waals surface area contributed by atoms with Gasteiger partial charge in [0.1, 0.15) is 16.9 Å². The van der Waals surface area contributed by atoms with Crippen molar-refractivity contribution in [3.8, 4) is 0 Å². The number of hydrogen-bond donors (Lipinski definition) is 1. The molecule has 1 aliphatic heterocycles. The molecule has 2 aromatic carbocycles. The number of fused-ring (bicyclic) bond motifs is 3. The Labute approximate surface area is 270 Å². The Hall–Kier alpha value is -3.12. The molecule has 5 atom stereocenters. The summed E-state index contributed by atoms with van der Waals surface area (Å²) in [5, 5.41) is 2.70. The first-order valence-electron chi connectivity index (χ1n) is 14.7. The van der Waals surface area contributed by atoms with Gasteiger partial charge in [0, 0.05) is 37.0 Å². The van der Waals surface area contributed by atoms with Crippen molar-refractivity contribution in [3.63, 3.8) is 0 Å². The van der Waals surface area contributed by atoms with Gasteiger partial charge in [-0.25, -0.2) is 29.9 Å². The summed E-state index contributed by atoms with van der Waals surface area (Å²) in [7, 11) is -8.35. The molecule has 1 heterocycles. The van der Waals surface area contributed by atoms with E-state index in [1.807, 2.05) is 0 Å². The molecule has 1 saturated heterocycles. The zero-order chi connectivity index (χ0) is 35.7. The number of aldehydes is 1. The Kier molecular flexibility index (Phi) is 9.07. The number of rotatable bonds is 8. The van der Waals surface area contributed by atoms with E-state index in [9.17, 15) is 57.2 Å². The van der Waals surface area contributed by atoms with Crippen LogP contribution in [0.4, 0.5) is 35.1 Å². The van der Waals surface area contributed by atoms with E-state index >= 15 is 4.39 Å². The van der Waals surface area contributed by atoms with Gasteiger partial charge in [0.2, 0.25) is 15.9 Å². The quantitative estimate of drug-likeness (QED) is 0.242. The summed E-state index contributed by atoms with van der Waals surface area (Å²) in [6.07, 6.45) is -12.2. The van der Waals surface area contributed by atoms with E-state index in [4.69, 9.17) is 0 Å². The van der Waals surface area contributed by atoms with Crippen LogP contribution >= 0.6 is 0 Å². The van der Waals surface area contributed by atoms with Gasteiger partial charge in [-0.2, -0.15) is 26.3 Å². The molecule has 2 unspecified atom stereocenters. The summed E-state index contributed by atoms with van der Waals surface area (Å²) in [6.45, 7) is 0.346. The highest BCUT2D eigenvalue weighted by Crippen LogP contribution is 2.62. The van der Waals surface area contributed by atoms with Gasteiger partial charge in [-0.15, -0.1) is 0 Å². The third-order valence-corrected chi connectivity index (χ3v) is 13.8. The molecule has 2 aromatic rings. The molecule has 0 radical (unpaired) electrons. The zero-order valence-electron chi connectivity index (χ0n) is 25.1. The van der Waals surface area contributed by atoms with Crippen LogP contribution in [0.15, 0.2) is 47.4 Å². The maximum absolute atomic E-state index is 15.1. The third kappa shape index (κ3) is 5.60. The van der Waals surface area contributed by atoms with Gasteiger partial charge >= 0.3 is 18.0 Å². The number of hydrogen-bond acceptors (Lipinski definition) is 6. The Morgan fingerprint density at radius 2 is 1.60 bits per heavy atom. The highest BCUT2D eigenvalue weighted by molar-refractivity contribution is 7.92. The largest absolute Gasteiger partial charge is 0.435 e. The molecule has 8 nitrogen and oxygen atoms in total. The van der Waals surface area contributed by atoms with Gasteiger partial charge in [-0.1, -0.05) is 18.2 Å². The van der Waals surface area contributed by atoms with Crippen LogP contribution < -0.4 is 5.32 Å². The van der Waals surface area contributed by atoms with Crippen molar-refractivity contribution in [2.75, 3.05) is 25.9 Å². The molecule has 1 saturated carbocycles. The summed E-state index contributed by atoms with van der Waals surface area (Å²) >= 11 is 0. The average Bonchev–Trinajstić information content (AvgIpc) is 3.62. The maximum atomic E-state index is 15.1. The molecule has 3 aliphatic rings. The molecule has 0 bridgehead atoms. The number of aryl methyl sites for hydroxylation is 1. The van der Waals surface area contributed by atoms with E-state index in [1.54, 1.807) is 0 Å². The van der Waals surface area contributed by atoms with Crippen molar-refractivity contribution < 1.29 is 61.5 Å². The first kappa shape index (κ1) is 36.2. The minimum atomic E-state index is -6.44. The molecule has 5 rings (SSSR count). The second-order valence-corrected chi connectivity index (χ2v) is 16.7. The predicted octanol–water partition coefficient (Wildman–Crippen LogP) is 4.58. The van der Waals surface area contributed by atoms with E-state index in [0.717, 1.165) is 30.5 Å². The number of benzene rings is 2. The van der Waals surface area contributed by atoms with E-state index in [1.165, 1.54) is 4.31 Å². The van der Waals surface area contributed by atoms with E-state index in [2.05, 4.69) is 5.32 Å². The minimum absolute atomic E-state index is 0.00492. The van der Waals surface area contributed by atoms with E-state index < -0.39 is 82.6 Å². The first-order chi connectivity index (χ1) is 22.1. The number of alkyl halides is 7. The Balaban J connectivity index is 1.61. The lowest BCUT2D eigenvalue weighted by molar-refractivity contribution is -0.348. The molecule has 264 valence electrons. The van der Waals surface area contributed by atoms with Crippen molar-refractivity contribution in [1.82, 2.24) is 9.62 Å². The fourth-order valence-electron chi connectivity index (χ4n) is 7.64. The van der Waals surface area contributed by atoms with Crippen molar-refractivity contribution >= 4 is 32.1 Å². The summed E-state index contributed by atoms with van der Waals surface area (Å²) in [5.74, 6) is -5.77. The Morgan fingerprint density at radius 1 is 0.979 bits per heavy atom. The van der Waals surface area contributed by atoms with Crippen LogP contribution in [0.5, 0.6) is 0 Å². The summed E-state index contributed by atoms with van der Waals surface area (Å²) in [4.78, 5) is 25.8. The molecule has 2 fully saturated rings. The van der Waals surface area contributed by atoms with Gasteiger partial charge in [0.15, 0.2) is 9.84 Å². The molecular formula is C30H30F8N2O6S2. The highest BCUT2D eigenvalue weighted by atomic mass is 32.2. The van der Waals surface area contributed by atoms with Gasteiger partial charge in [0.25, 0.3) is 0 Å². The number of sulfonamides is 1. The van der Waals surface area contributed by atoms with Crippen LogP contribution in [0.25, 0.3) is 0 Å². The standard InChI is InChI=1S/C30H30F8N2O6S2/c1-47(43,44)40-11-10-17(15-40)14-39-26(42)23-13-20(16-41)27(48(45,46)22-6-4-21(31)5-7-22)24-9-3-19(12-18(24)2-8-25(23)27)28(32,29(33,34)35)30(36,37)38/h3-7,9,12,16-17,20,23,25H,2,8,10-11,13-15H2,1H3,(H,39,42)/t17?,20?,23-,25+,27+/m1/s1. The molecule has 0 aromatic heterocycles. The van der Waals surface area contributed by atoms with Crippen LogP contribution in [0.1, 0.15) is 36.0 Å². The van der Waals surface area contributed by atoms with Gasteiger partial charge < -0.3 is 10.1 Å². The number of amides is 1. The van der Waals surface area contributed by atoms with Crippen molar-refractivity contribution in [1.29, 1.82) is 0 Å². The van der Waals surface area contributed by atoms with E-state index in [0.29, 0.717) is 18.6 Å². The lowest BCUT2D eigenvalue weighted by Gasteiger charge is -2.44. The first-order valence-corrected chi connectivity index (χ1v) is 18.1. The molecule has 0 spiro atoms. The molecule has 1 amide bonds. The number of nitrogens with one attached hydrogen (secondary N) is 1. The lowest BCUT2D eigenvalue weighted by atomic mass is 9.70. The predicted molar refractivity (Wildman–Crippen MR) is 154 cm³/mol. The molecule has 1 N–H and O–H groups in total. The van der Waals surface area contributed by atoms with Crippen molar-refractivity contribution in [2.45, 2.75) is 53.3 Å². The number of carbonyl (C=O) groups excluding carboxylic acids is 2. The number of carbonyl (C=O) groups is 2. The SMILES string of the molecule is CS(=O)(=O)N1CCC(CNC(=O)[C@@H]2CC(C=O)[C@]3(S(=O)(=O)c4ccc(F)cc4)c4ccc(C(F)(C(F)(F)F)C(F)(F)F)cc4CC[C@@H]23)C1. The highest BCUT2D eigenvalue weighted by Gasteiger charge is 2.74. The fourth-order valence-corrected chi connectivity index (χ4v) is 11.2. The third-order valence-electron chi connectivity index (χ3n) is 9.88. The number of nitrogens with zero attached hydrogens (tertiary/aromatic N) is 1. The normalized spacial score (nSPS) is 26.9. The van der Waals surface area contributed by atoms with Crippen molar-refractivity contribution in [3.05, 3.63) is 65.0 Å². The van der Waals surface area contributed by atoms with Crippen LogP contribution in [-0.2, 0) is 46.3 Å². The second kappa shape index (κ2) is 12.0. The van der Waals surface area contributed by atoms with Crippen molar-refractivity contribution in [2.24, 2.45) is 23.7 Å². The lowest BCUT2D eigenvalue weighted by Crippen LogP contribution is -2.52. The molecule has 18 heteroatoms. The van der Waals surface area contributed by atoms with Crippen LogP contribution in [0.3, 0.4) is 0 Å². The molecule has 48 heavy (non-hydrogen) atoms. The second-order valence-electron chi connectivity index (χ2n) is 12.5. The smallest absolute Gasteiger partial charge is 0.356 e. The average molecular weight is 731 g/mol. The van der Waals surface area contributed by atoms with E-state index in [-0.39, 0.29) is 68.3 Å². The molecule has 2 aliphatic carbocycles. The summed E-state index contributed by atoms with van der Waals surface area (Å²) < 4.78 is 162. The van der Waals surface area contributed by atoms with Gasteiger partial charge in [-0.05, 0) is 72.9 Å². The Morgan fingerprint density at radius 3 is 2.15 bits per heavy atom.